The van der Waals surface area contributed by atoms with Gasteiger partial charge in [-0.25, -0.2) is 4.98 Å². The molecule has 2 N–H and O–H groups in total. The lowest BCUT2D eigenvalue weighted by Crippen LogP contribution is -2.12. The van der Waals surface area contributed by atoms with Crippen molar-refractivity contribution in [1.82, 2.24) is 9.97 Å². The second-order valence-corrected chi connectivity index (χ2v) is 7.01. The average molecular weight is 347 g/mol. The maximum Gasteiger partial charge on any atom is 0.257 e. The molecule has 0 spiro atoms. The van der Waals surface area contributed by atoms with Gasteiger partial charge >= 0.3 is 0 Å². The molecule has 0 aliphatic heterocycles. The molecule has 2 aromatic carbocycles. The van der Waals surface area contributed by atoms with Crippen LogP contribution in [0.4, 0.5) is 5.13 Å². The molecule has 0 atom stereocenters. The van der Waals surface area contributed by atoms with E-state index in [9.17, 15) is 4.79 Å². The van der Waals surface area contributed by atoms with Gasteiger partial charge in [0.05, 0.1) is 5.69 Å². The van der Waals surface area contributed by atoms with Crippen molar-refractivity contribution in [2.75, 3.05) is 5.32 Å². The van der Waals surface area contributed by atoms with E-state index in [1.807, 2.05) is 55.8 Å². The fourth-order valence-electron chi connectivity index (χ4n) is 2.95. The number of amides is 1. The normalized spacial score (nSPS) is 11.0. The zero-order valence-electron chi connectivity index (χ0n) is 14.0. The monoisotopic (exact) mass is 347 g/mol. The molecule has 25 heavy (non-hydrogen) atoms. The third-order valence-electron chi connectivity index (χ3n) is 4.06. The Hall–Kier alpha value is -2.92. The van der Waals surface area contributed by atoms with Crippen LogP contribution in [0.25, 0.3) is 22.2 Å². The van der Waals surface area contributed by atoms with Gasteiger partial charge in [0, 0.05) is 33.6 Å². The van der Waals surface area contributed by atoms with E-state index >= 15 is 0 Å². The first-order valence-corrected chi connectivity index (χ1v) is 8.89. The van der Waals surface area contributed by atoms with Gasteiger partial charge in [0.2, 0.25) is 0 Å². The molecule has 0 radical (unpaired) electrons. The third-order valence-corrected chi connectivity index (χ3v) is 4.82. The molecule has 5 heteroatoms. The Morgan fingerprint density at radius 2 is 1.88 bits per heavy atom. The largest absolute Gasteiger partial charge is 0.361 e. The number of fused-ring (bicyclic) bond motifs is 1. The number of benzene rings is 2. The van der Waals surface area contributed by atoms with E-state index in [4.69, 9.17) is 0 Å². The third kappa shape index (κ3) is 3.19. The lowest BCUT2D eigenvalue weighted by Gasteiger charge is -2.04. The molecule has 0 aliphatic rings. The number of carbonyl (C=O) groups is 1. The molecule has 0 saturated carbocycles. The van der Waals surface area contributed by atoms with Crippen molar-refractivity contribution in [3.8, 4) is 11.3 Å². The smallest absolute Gasteiger partial charge is 0.257 e. The molecule has 2 aromatic heterocycles. The summed E-state index contributed by atoms with van der Waals surface area (Å²) >= 11 is 1.43. The van der Waals surface area contributed by atoms with Crippen LogP contribution >= 0.6 is 11.3 Å². The Kier molecular flexibility index (Phi) is 3.86. The summed E-state index contributed by atoms with van der Waals surface area (Å²) < 4.78 is 0. The number of aromatic amines is 1. The van der Waals surface area contributed by atoms with Gasteiger partial charge < -0.3 is 4.98 Å². The Morgan fingerprint density at radius 1 is 1.08 bits per heavy atom. The van der Waals surface area contributed by atoms with E-state index in [1.54, 1.807) is 0 Å². The van der Waals surface area contributed by atoms with Gasteiger partial charge in [-0.15, -0.1) is 11.3 Å². The highest BCUT2D eigenvalue weighted by molar-refractivity contribution is 7.14. The minimum Gasteiger partial charge on any atom is -0.361 e. The molecular weight excluding hydrogens is 330 g/mol. The van der Waals surface area contributed by atoms with Crippen LogP contribution in [-0.4, -0.2) is 15.9 Å². The van der Waals surface area contributed by atoms with E-state index in [1.165, 1.54) is 11.3 Å². The van der Waals surface area contributed by atoms with Gasteiger partial charge in [-0.1, -0.05) is 23.3 Å². The van der Waals surface area contributed by atoms with Crippen LogP contribution in [-0.2, 0) is 0 Å². The van der Waals surface area contributed by atoms with Crippen LogP contribution in [0.2, 0.25) is 0 Å². The maximum absolute atomic E-state index is 12.5. The van der Waals surface area contributed by atoms with Crippen molar-refractivity contribution in [1.29, 1.82) is 0 Å². The molecule has 4 rings (SSSR count). The quantitative estimate of drug-likeness (QED) is 0.538. The van der Waals surface area contributed by atoms with E-state index in [0.717, 1.165) is 33.3 Å². The molecule has 4 aromatic rings. The summed E-state index contributed by atoms with van der Waals surface area (Å²) in [5, 5.41) is 6.61. The predicted octanol–water partition coefficient (Wildman–Crippen LogP) is 5.16. The van der Waals surface area contributed by atoms with Crippen LogP contribution in [0.3, 0.4) is 0 Å². The highest BCUT2D eigenvalue weighted by Gasteiger charge is 2.11. The first-order chi connectivity index (χ1) is 12.1. The van der Waals surface area contributed by atoms with Gasteiger partial charge in [0.1, 0.15) is 0 Å². The van der Waals surface area contributed by atoms with E-state index in [0.29, 0.717) is 10.7 Å². The van der Waals surface area contributed by atoms with Crippen molar-refractivity contribution in [2.45, 2.75) is 13.8 Å². The zero-order chi connectivity index (χ0) is 17.4. The van der Waals surface area contributed by atoms with E-state index < -0.39 is 0 Å². The molecule has 1 amide bonds. The van der Waals surface area contributed by atoms with Gasteiger partial charge in [-0.2, -0.15) is 0 Å². The summed E-state index contributed by atoms with van der Waals surface area (Å²) in [5.74, 6) is -0.131. The number of hydrogen-bond donors (Lipinski definition) is 2. The molecular formula is C20H17N3OS. The van der Waals surface area contributed by atoms with Crippen molar-refractivity contribution < 1.29 is 4.79 Å². The number of nitrogens with one attached hydrogen (secondary N) is 2. The van der Waals surface area contributed by atoms with Gasteiger partial charge in [-0.05, 0) is 44.2 Å². The number of anilines is 1. The Balaban J connectivity index is 1.57. The highest BCUT2D eigenvalue weighted by Crippen LogP contribution is 2.27. The summed E-state index contributed by atoms with van der Waals surface area (Å²) in [4.78, 5) is 20.2. The Labute approximate surface area is 149 Å². The molecule has 2 heterocycles. The molecule has 0 saturated heterocycles. The minimum atomic E-state index is -0.131. The number of hydrogen-bond acceptors (Lipinski definition) is 3. The molecule has 0 unspecified atom stereocenters. The summed E-state index contributed by atoms with van der Waals surface area (Å²) in [6.07, 6.45) is 1.92. The van der Waals surface area contributed by atoms with Crippen LogP contribution in [0.5, 0.6) is 0 Å². The second kappa shape index (κ2) is 6.18. The van der Waals surface area contributed by atoms with Gasteiger partial charge in [-0.3, -0.25) is 10.1 Å². The number of rotatable bonds is 3. The van der Waals surface area contributed by atoms with Crippen molar-refractivity contribution in [3.63, 3.8) is 0 Å². The fraction of sp³-hybridized carbons (Fsp3) is 0.100. The van der Waals surface area contributed by atoms with Crippen LogP contribution < -0.4 is 5.32 Å². The zero-order valence-corrected chi connectivity index (χ0v) is 14.8. The standard InChI is InChI=1S/C20H17N3OS/c1-12-7-13(2)9-16(8-12)19(24)23-20-22-18(11-25-20)14-3-4-17-15(10-14)5-6-21-17/h3-11,21H,1-2H3,(H,22,23,24). The number of aryl methyl sites for hydroxylation is 2. The lowest BCUT2D eigenvalue weighted by atomic mass is 10.1. The van der Waals surface area contributed by atoms with Crippen molar-refractivity contribution in [2.24, 2.45) is 0 Å². The topological polar surface area (TPSA) is 57.8 Å². The van der Waals surface area contributed by atoms with Crippen LogP contribution in [0.1, 0.15) is 21.5 Å². The number of nitrogens with zero attached hydrogens (tertiary/aromatic N) is 1. The van der Waals surface area contributed by atoms with E-state index in [2.05, 4.69) is 27.4 Å². The highest BCUT2D eigenvalue weighted by atomic mass is 32.1. The first kappa shape index (κ1) is 15.6. The molecule has 0 bridgehead atoms. The number of H-pyrrole nitrogens is 1. The van der Waals surface area contributed by atoms with E-state index in [-0.39, 0.29) is 5.91 Å². The van der Waals surface area contributed by atoms with Gasteiger partial charge in [0.25, 0.3) is 5.91 Å². The summed E-state index contributed by atoms with van der Waals surface area (Å²) in [6.45, 7) is 3.98. The maximum atomic E-state index is 12.5. The molecule has 4 nitrogen and oxygen atoms in total. The number of aromatic nitrogens is 2. The first-order valence-electron chi connectivity index (χ1n) is 8.01. The number of thiazole rings is 1. The number of carbonyl (C=O) groups excluding carboxylic acids is 1. The van der Waals surface area contributed by atoms with Gasteiger partial charge in [0.15, 0.2) is 5.13 Å². The molecule has 0 fully saturated rings. The predicted molar refractivity (Wildman–Crippen MR) is 103 cm³/mol. The fourth-order valence-corrected chi connectivity index (χ4v) is 3.67. The summed E-state index contributed by atoms with van der Waals surface area (Å²) in [5.41, 5.74) is 5.80. The summed E-state index contributed by atoms with van der Waals surface area (Å²) in [7, 11) is 0. The summed E-state index contributed by atoms with van der Waals surface area (Å²) in [6, 6.07) is 14.0. The minimum absolute atomic E-state index is 0.131. The Morgan fingerprint density at radius 3 is 2.68 bits per heavy atom. The van der Waals surface area contributed by atoms with Crippen molar-refractivity contribution >= 4 is 33.3 Å². The molecule has 124 valence electrons. The average Bonchev–Trinajstić information content (AvgIpc) is 3.22. The van der Waals surface area contributed by atoms with Crippen molar-refractivity contribution in [3.05, 3.63) is 70.7 Å². The SMILES string of the molecule is Cc1cc(C)cc(C(=O)Nc2nc(-c3ccc4[nH]ccc4c3)cs2)c1. The van der Waals surface area contributed by atoms with Crippen LogP contribution in [0.15, 0.2) is 54.0 Å². The Bertz CT molecular complexity index is 1060. The molecule has 0 aliphatic carbocycles. The van der Waals surface area contributed by atoms with Crippen LogP contribution in [0, 0.1) is 13.8 Å². The second-order valence-electron chi connectivity index (χ2n) is 6.15. The lowest BCUT2D eigenvalue weighted by molar-refractivity contribution is 0.102.